The van der Waals surface area contributed by atoms with Crippen molar-refractivity contribution in [3.05, 3.63) is 75.9 Å². The number of thioether (sulfide) groups is 1. The molecule has 3 rings (SSSR count). The van der Waals surface area contributed by atoms with E-state index >= 15 is 0 Å². The summed E-state index contributed by atoms with van der Waals surface area (Å²) in [4.78, 5) is 0.912. The van der Waals surface area contributed by atoms with Crippen LogP contribution in [0.4, 0.5) is 4.39 Å². The van der Waals surface area contributed by atoms with Gasteiger partial charge in [-0.1, -0.05) is 17.9 Å². The lowest BCUT2D eigenvalue weighted by Crippen LogP contribution is -2.01. The van der Waals surface area contributed by atoms with Crippen LogP contribution in [0, 0.1) is 29.4 Å². The van der Waals surface area contributed by atoms with Crippen LogP contribution < -0.4 is 0 Å². The fourth-order valence-corrected chi connectivity index (χ4v) is 3.45. The number of thiocyanates is 1. The van der Waals surface area contributed by atoms with Gasteiger partial charge in [0.05, 0.1) is 5.76 Å². The summed E-state index contributed by atoms with van der Waals surface area (Å²) >= 11 is 1.13. The van der Waals surface area contributed by atoms with Gasteiger partial charge in [-0.2, -0.15) is 5.26 Å². The molecule has 0 radical (unpaired) electrons. The van der Waals surface area contributed by atoms with Gasteiger partial charge >= 0.3 is 0 Å². The highest BCUT2D eigenvalue weighted by molar-refractivity contribution is 8.03. The maximum Gasteiger partial charge on any atom is 0.138 e. The van der Waals surface area contributed by atoms with E-state index in [1.165, 1.54) is 0 Å². The first kappa shape index (κ1) is 18.1. The van der Waals surface area contributed by atoms with Gasteiger partial charge in [-0.05, 0) is 85.0 Å². The van der Waals surface area contributed by atoms with Crippen molar-refractivity contribution in [1.82, 2.24) is 0 Å². The minimum absolute atomic E-state index is 0.271. The van der Waals surface area contributed by atoms with Crippen LogP contribution in [0.15, 0.2) is 69.6 Å². The summed E-state index contributed by atoms with van der Waals surface area (Å²) in [5.74, 6) is 6.10. The van der Waals surface area contributed by atoms with Crippen molar-refractivity contribution in [3.8, 4) is 17.2 Å². The molecule has 0 heterocycles. The van der Waals surface area contributed by atoms with Gasteiger partial charge in [0.2, 0.25) is 0 Å². The van der Waals surface area contributed by atoms with E-state index in [2.05, 4.69) is 17.2 Å². The Balaban J connectivity index is 1.80. The third-order valence-corrected chi connectivity index (χ3v) is 5.23. The summed E-state index contributed by atoms with van der Waals surface area (Å²) in [6.07, 6.45) is 7.84. The first-order chi connectivity index (χ1) is 12.6. The largest absolute Gasteiger partial charge is 0.512 e. The number of hydrogen-bond acceptors (Lipinski definition) is 3. The Bertz CT molecular complexity index is 964. The number of benzene rings is 1. The van der Waals surface area contributed by atoms with Crippen LogP contribution in [-0.4, -0.2) is 5.11 Å². The topological polar surface area (TPSA) is 44.0 Å². The number of aliphatic hydroxyl groups excluding tert-OH is 1. The number of aryl methyl sites for hydroxylation is 1. The average Bonchev–Trinajstić information content (AvgIpc) is 2.63. The fourth-order valence-electron chi connectivity index (χ4n) is 3.00. The van der Waals surface area contributed by atoms with Crippen LogP contribution in [0.5, 0.6) is 0 Å². The second-order valence-corrected chi connectivity index (χ2v) is 7.10. The number of halogens is 1. The predicted octanol–water partition coefficient (Wildman–Crippen LogP) is 6.03. The summed E-state index contributed by atoms with van der Waals surface area (Å²) in [5, 5.41) is 20.3. The first-order valence-corrected chi connectivity index (χ1v) is 9.25. The molecule has 0 atom stereocenters. The summed E-state index contributed by atoms with van der Waals surface area (Å²) < 4.78 is 14.4. The highest BCUT2D eigenvalue weighted by atomic mass is 32.2. The van der Waals surface area contributed by atoms with E-state index in [-0.39, 0.29) is 5.83 Å². The molecule has 1 N–H and O–H groups in total. The third-order valence-electron chi connectivity index (χ3n) is 4.46. The van der Waals surface area contributed by atoms with Crippen LogP contribution in [-0.2, 0) is 0 Å². The summed E-state index contributed by atoms with van der Waals surface area (Å²) in [6.45, 7) is 1.93. The van der Waals surface area contributed by atoms with Crippen molar-refractivity contribution in [2.24, 2.45) is 0 Å². The zero-order valence-electron chi connectivity index (χ0n) is 14.5. The molecule has 1 aromatic carbocycles. The number of nitrogens with zero attached hydrogens (tertiary/aromatic N) is 1. The van der Waals surface area contributed by atoms with Crippen molar-refractivity contribution in [2.75, 3.05) is 0 Å². The lowest BCUT2D eigenvalue weighted by molar-refractivity contribution is 0.386. The lowest BCUT2D eigenvalue weighted by atomic mass is 9.88. The Labute approximate surface area is 157 Å². The van der Waals surface area contributed by atoms with E-state index in [0.29, 0.717) is 24.2 Å². The zero-order chi connectivity index (χ0) is 18.5. The molecule has 2 nitrogen and oxygen atoms in total. The van der Waals surface area contributed by atoms with Crippen molar-refractivity contribution in [3.63, 3.8) is 0 Å². The Morgan fingerprint density at radius 1 is 1.08 bits per heavy atom. The Morgan fingerprint density at radius 3 is 2.54 bits per heavy atom. The second kappa shape index (κ2) is 8.13. The standard InChI is InChI=1S/C22H18FNOS/c1-15-12-16(3-11-22(15)26-14-24)2-4-18-5-6-19(13-21(18)23)17-7-9-20(25)10-8-17/h3,7,9,11-13,25H,5-6,8,10H2,1H3. The summed E-state index contributed by atoms with van der Waals surface area (Å²) in [6, 6.07) is 5.64. The molecule has 130 valence electrons. The maximum absolute atomic E-state index is 14.4. The smallest absolute Gasteiger partial charge is 0.138 e. The normalized spacial score (nSPS) is 16.7. The van der Waals surface area contributed by atoms with Crippen LogP contribution in [0.25, 0.3) is 0 Å². The molecule has 0 saturated carbocycles. The molecule has 0 amide bonds. The van der Waals surface area contributed by atoms with E-state index in [1.807, 2.05) is 31.2 Å². The van der Waals surface area contributed by atoms with Gasteiger partial charge in [0.15, 0.2) is 0 Å². The number of hydrogen-bond donors (Lipinski definition) is 1. The van der Waals surface area contributed by atoms with Gasteiger partial charge < -0.3 is 5.11 Å². The predicted molar refractivity (Wildman–Crippen MR) is 103 cm³/mol. The second-order valence-electron chi connectivity index (χ2n) is 6.27. The minimum Gasteiger partial charge on any atom is -0.512 e. The minimum atomic E-state index is -0.271. The summed E-state index contributed by atoms with van der Waals surface area (Å²) in [7, 11) is 0. The number of allylic oxidation sites excluding steroid dienone is 8. The highest BCUT2D eigenvalue weighted by Crippen LogP contribution is 2.33. The molecule has 0 unspecified atom stereocenters. The molecule has 1 aromatic rings. The van der Waals surface area contributed by atoms with Crippen LogP contribution in [0.3, 0.4) is 0 Å². The van der Waals surface area contributed by atoms with Gasteiger partial charge in [0.1, 0.15) is 11.2 Å². The van der Waals surface area contributed by atoms with Gasteiger partial charge in [-0.3, -0.25) is 0 Å². The molecule has 26 heavy (non-hydrogen) atoms. The lowest BCUT2D eigenvalue weighted by Gasteiger charge is -2.18. The zero-order valence-corrected chi connectivity index (χ0v) is 15.3. The maximum atomic E-state index is 14.4. The van der Waals surface area contributed by atoms with Crippen LogP contribution in [0.1, 0.15) is 36.8 Å². The van der Waals surface area contributed by atoms with Gasteiger partial charge in [-0.15, -0.1) is 0 Å². The van der Waals surface area contributed by atoms with Crippen molar-refractivity contribution in [2.45, 2.75) is 37.5 Å². The average molecular weight is 363 g/mol. The molecular formula is C22H18FNOS. The van der Waals surface area contributed by atoms with Crippen LogP contribution in [0.2, 0.25) is 0 Å². The van der Waals surface area contributed by atoms with E-state index in [1.54, 1.807) is 12.2 Å². The van der Waals surface area contributed by atoms with Gasteiger partial charge in [0, 0.05) is 22.5 Å². The van der Waals surface area contributed by atoms with Crippen molar-refractivity contribution < 1.29 is 9.50 Å². The van der Waals surface area contributed by atoms with Crippen molar-refractivity contribution in [1.29, 1.82) is 5.26 Å². The molecule has 2 aliphatic carbocycles. The highest BCUT2D eigenvalue weighted by Gasteiger charge is 2.16. The fraction of sp³-hybridized carbons (Fsp3) is 0.227. The number of rotatable bonds is 2. The molecule has 0 aliphatic heterocycles. The molecule has 0 bridgehead atoms. The molecule has 0 saturated heterocycles. The van der Waals surface area contributed by atoms with E-state index < -0.39 is 0 Å². The first-order valence-electron chi connectivity index (χ1n) is 8.43. The monoisotopic (exact) mass is 363 g/mol. The van der Waals surface area contributed by atoms with Crippen molar-refractivity contribution >= 4 is 11.8 Å². The Morgan fingerprint density at radius 2 is 1.88 bits per heavy atom. The molecule has 0 fully saturated rings. The van der Waals surface area contributed by atoms with E-state index in [9.17, 15) is 9.50 Å². The Kier molecular flexibility index (Phi) is 5.66. The quantitative estimate of drug-likeness (QED) is 0.397. The molecule has 0 spiro atoms. The molecule has 0 aromatic heterocycles. The summed E-state index contributed by atoms with van der Waals surface area (Å²) in [5.41, 5.74) is 4.41. The molecule has 2 aliphatic rings. The van der Waals surface area contributed by atoms with E-state index in [4.69, 9.17) is 5.26 Å². The Hall–Kier alpha value is -2.69. The third kappa shape index (κ3) is 4.28. The molecule has 4 heteroatoms. The van der Waals surface area contributed by atoms with Crippen LogP contribution >= 0.6 is 11.8 Å². The molecular weight excluding hydrogens is 345 g/mol. The number of aliphatic hydroxyl groups is 1. The van der Waals surface area contributed by atoms with Gasteiger partial charge in [0.25, 0.3) is 0 Å². The number of nitriles is 1. The van der Waals surface area contributed by atoms with Gasteiger partial charge in [-0.25, -0.2) is 4.39 Å². The van der Waals surface area contributed by atoms with E-state index in [0.717, 1.165) is 51.8 Å². The SMILES string of the molecule is Cc1cc(C#CC2=C(F)C=C(C3=CC=C(O)CC3)CC2)ccc1SC#N.